The molecule has 12 heteroatoms. The predicted molar refractivity (Wildman–Crippen MR) is 173 cm³/mol. The Kier molecular flexibility index (Phi) is 11.1. The van der Waals surface area contributed by atoms with Crippen LogP contribution >= 0.6 is 11.6 Å². The summed E-state index contributed by atoms with van der Waals surface area (Å²) in [4.78, 5) is 54.9. The molecule has 4 amide bonds. The number of aryl methyl sites for hydroxylation is 1. The molecule has 2 heterocycles. The van der Waals surface area contributed by atoms with Crippen LogP contribution in [0.2, 0.25) is 5.02 Å². The van der Waals surface area contributed by atoms with E-state index in [1.807, 2.05) is 6.92 Å². The van der Waals surface area contributed by atoms with Gasteiger partial charge in [0.25, 0.3) is 5.91 Å². The summed E-state index contributed by atoms with van der Waals surface area (Å²) in [7, 11) is 1.63. The van der Waals surface area contributed by atoms with Crippen LogP contribution in [0.4, 0.5) is 0 Å². The van der Waals surface area contributed by atoms with Crippen LogP contribution in [0, 0.1) is 12.8 Å². The van der Waals surface area contributed by atoms with E-state index in [9.17, 15) is 24.3 Å². The van der Waals surface area contributed by atoms with E-state index in [0.29, 0.717) is 22.3 Å². The summed E-state index contributed by atoms with van der Waals surface area (Å²) in [5.41, 5.74) is 1.54. The maximum Gasteiger partial charge on any atom is 0.255 e. The number of hydrogen-bond acceptors (Lipinski definition) is 7. The molecule has 3 atom stereocenters. The van der Waals surface area contributed by atoms with E-state index in [4.69, 9.17) is 21.1 Å². The van der Waals surface area contributed by atoms with E-state index < -0.39 is 35.8 Å². The maximum atomic E-state index is 13.7. The fourth-order valence-corrected chi connectivity index (χ4v) is 5.12. The number of phenolic OH excluding ortho intramolecular Hbond substituents is 1. The largest absolute Gasteiger partial charge is 0.507 e. The van der Waals surface area contributed by atoms with Gasteiger partial charge < -0.3 is 35.4 Å². The van der Waals surface area contributed by atoms with Crippen LogP contribution in [0.3, 0.4) is 0 Å². The highest BCUT2D eigenvalue weighted by Crippen LogP contribution is 2.28. The average Bonchev–Trinajstić information content (AvgIpc) is 3.01. The van der Waals surface area contributed by atoms with Crippen LogP contribution in [0.5, 0.6) is 23.0 Å². The highest BCUT2D eigenvalue weighted by molar-refractivity contribution is 6.30. The Labute approximate surface area is 273 Å². The van der Waals surface area contributed by atoms with Gasteiger partial charge in [-0.15, -0.1) is 0 Å². The van der Waals surface area contributed by atoms with E-state index in [-0.39, 0.29) is 42.7 Å². The number of ether oxygens (including phenoxy) is 2. The first-order chi connectivity index (χ1) is 21.8. The summed E-state index contributed by atoms with van der Waals surface area (Å²) >= 11 is 6.03. The van der Waals surface area contributed by atoms with Crippen molar-refractivity contribution in [3.63, 3.8) is 0 Å². The fraction of sp³-hybridized carbons (Fsp3) is 0.353. The highest BCUT2D eigenvalue weighted by Gasteiger charge is 2.31. The molecule has 5 rings (SSSR count). The Bertz CT molecular complexity index is 1590. The van der Waals surface area contributed by atoms with Gasteiger partial charge in [-0.1, -0.05) is 37.6 Å². The quantitative estimate of drug-likeness (QED) is 0.295. The smallest absolute Gasteiger partial charge is 0.255 e. The number of hydrogen-bond donors (Lipinski definition) is 4. The minimum Gasteiger partial charge on any atom is -0.507 e. The first-order valence-corrected chi connectivity index (χ1v) is 15.4. The average molecular weight is 651 g/mol. The zero-order chi connectivity index (χ0) is 33.5. The summed E-state index contributed by atoms with van der Waals surface area (Å²) in [5.74, 6) is -1.43. The second-order valence-electron chi connectivity index (χ2n) is 11.6. The van der Waals surface area contributed by atoms with Crippen LogP contribution < -0.4 is 25.4 Å². The van der Waals surface area contributed by atoms with Gasteiger partial charge in [0.1, 0.15) is 47.7 Å². The topological polar surface area (TPSA) is 146 Å². The lowest BCUT2D eigenvalue weighted by atomic mass is 10.0. The van der Waals surface area contributed by atoms with Crippen molar-refractivity contribution >= 4 is 35.2 Å². The molecule has 0 aromatic heterocycles. The van der Waals surface area contributed by atoms with E-state index in [1.54, 1.807) is 63.4 Å². The molecule has 0 spiro atoms. The third-order valence-electron chi connectivity index (χ3n) is 7.61. The number of benzene rings is 3. The van der Waals surface area contributed by atoms with Gasteiger partial charge in [0.05, 0.1) is 12.1 Å². The van der Waals surface area contributed by atoms with Crippen molar-refractivity contribution in [2.75, 3.05) is 20.2 Å². The van der Waals surface area contributed by atoms with Gasteiger partial charge >= 0.3 is 0 Å². The van der Waals surface area contributed by atoms with Crippen molar-refractivity contribution in [2.45, 2.75) is 52.2 Å². The molecule has 46 heavy (non-hydrogen) atoms. The van der Waals surface area contributed by atoms with Crippen molar-refractivity contribution in [3.05, 3.63) is 82.4 Å². The lowest BCUT2D eigenvalue weighted by Crippen LogP contribution is -2.57. The van der Waals surface area contributed by atoms with Gasteiger partial charge in [-0.25, -0.2) is 0 Å². The molecule has 0 aliphatic carbocycles. The summed E-state index contributed by atoms with van der Waals surface area (Å²) in [6.07, 6.45) is 0.168. The number of nitrogens with zero attached hydrogens (tertiary/aromatic N) is 1. The lowest BCUT2D eigenvalue weighted by molar-refractivity contribution is -0.136. The van der Waals surface area contributed by atoms with Crippen molar-refractivity contribution in [1.29, 1.82) is 0 Å². The number of halogens is 1. The monoisotopic (exact) mass is 650 g/mol. The molecule has 4 N–H and O–H groups in total. The molecule has 2 aliphatic heterocycles. The summed E-state index contributed by atoms with van der Waals surface area (Å²) in [6.45, 7) is 7.32. The van der Waals surface area contributed by atoms with Gasteiger partial charge in [0.15, 0.2) is 0 Å². The number of nitrogens with one attached hydrogen (secondary N) is 3. The van der Waals surface area contributed by atoms with Crippen LogP contribution in [-0.2, 0) is 20.8 Å². The lowest BCUT2D eigenvalue weighted by Gasteiger charge is -2.27. The van der Waals surface area contributed by atoms with Crippen molar-refractivity contribution in [2.24, 2.45) is 5.92 Å². The summed E-state index contributed by atoms with van der Waals surface area (Å²) in [6, 6.07) is 13.5. The third-order valence-corrected chi connectivity index (χ3v) is 7.85. The van der Waals surface area contributed by atoms with Gasteiger partial charge in [0.2, 0.25) is 17.7 Å². The third kappa shape index (κ3) is 8.69. The number of phenols is 1. The Balaban J connectivity index is 1.58. The van der Waals surface area contributed by atoms with Gasteiger partial charge in [-0.2, -0.15) is 0 Å². The molecule has 0 radical (unpaired) electrons. The number of fused-ring (bicyclic) bond motifs is 11. The molecule has 2 aliphatic rings. The Morgan fingerprint density at radius 2 is 1.70 bits per heavy atom. The normalized spacial score (nSPS) is 18.8. The van der Waals surface area contributed by atoms with Gasteiger partial charge in [0, 0.05) is 18.5 Å². The molecule has 4 bridgehead atoms. The number of carbonyl (C=O) groups is 4. The van der Waals surface area contributed by atoms with E-state index in [1.165, 1.54) is 30.0 Å². The van der Waals surface area contributed by atoms with Crippen molar-refractivity contribution in [1.82, 2.24) is 20.9 Å². The van der Waals surface area contributed by atoms with Crippen LogP contribution in [-0.4, -0.2) is 72.0 Å². The standard InChI is InChI=1S/C34H39ClN4O7/c1-19(2)30-33(43)36-21(4)31(41)37-27(34(44)39(5)14-15-45-29-13-8-23(35)16-20(29)3)17-22-6-9-24(10-7-22)46-25-11-12-28(40)26(18-25)32(42)38-30/h6-13,16,18-19,21,27,30,40H,14-15,17H2,1-5H3,(H,36,43)(H,37,41)(H,38,42)/t21-,27-,30-/m0/s1. The molecule has 0 saturated carbocycles. The maximum absolute atomic E-state index is 13.7. The zero-order valence-corrected chi connectivity index (χ0v) is 27.2. The fourth-order valence-electron chi connectivity index (χ4n) is 4.89. The van der Waals surface area contributed by atoms with Crippen LogP contribution in [0.15, 0.2) is 60.7 Å². The molecule has 0 fully saturated rings. The Morgan fingerprint density at radius 3 is 2.37 bits per heavy atom. The van der Waals surface area contributed by atoms with Crippen LogP contribution in [0.1, 0.15) is 42.3 Å². The van der Waals surface area contributed by atoms with Crippen molar-refractivity contribution < 1.29 is 33.8 Å². The molecule has 3 aromatic carbocycles. The number of aromatic hydroxyl groups is 1. The molecule has 244 valence electrons. The molecule has 11 nitrogen and oxygen atoms in total. The van der Waals surface area contributed by atoms with Gasteiger partial charge in [-0.05, 0) is 79.4 Å². The summed E-state index contributed by atoms with van der Waals surface area (Å²) < 4.78 is 11.8. The zero-order valence-electron chi connectivity index (χ0n) is 26.4. The number of carbonyl (C=O) groups excluding carboxylic acids is 4. The molecule has 3 aromatic rings. The number of rotatable bonds is 6. The second-order valence-corrected chi connectivity index (χ2v) is 12.1. The Morgan fingerprint density at radius 1 is 1.00 bits per heavy atom. The van der Waals surface area contributed by atoms with E-state index >= 15 is 0 Å². The van der Waals surface area contributed by atoms with E-state index in [0.717, 1.165) is 11.1 Å². The molecule has 0 saturated heterocycles. The predicted octanol–water partition coefficient (Wildman–Crippen LogP) is 3.98. The highest BCUT2D eigenvalue weighted by atomic mass is 35.5. The minimum atomic E-state index is -1.03. The van der Waals surface area contributed by atoms with E-state index in [2.05, 4.69) is 16.0 Å². The second kappa shape index (κ2) is 15.0. The summed E-state index contributed by atoms with van der Waals surface area (Å²) in [5, 5.41) is 19.1. The number of likely N-dealkylation sites (N-methyl/N-ethyl adjacent to an activating group) is 1. The molecule has 0 unspecified atom stereocenters. The van der Waals surface area contributed by atoms with Gasteiger partial charge in [-0.3, -0.25) is 19.2 Å². The minimum absolute atomic E-state index is 0.0707. The number of amides is 4. The van der Waals surface area contributed by atoms with Crippen molar-refractivity contribution in [3.8, 4) is 23.0 Å². The first-order valence-electron chi connectivity index (χ1n) is 15.0. The molecular weight excluding hydrogens is 612 g/mol. The molecular formula is C34H39ClN4O7. The first kappa shape index (κ1) is 34.1. The van der Waals surface area contributed by atoms with Crippen LogP contribution in [0.25, 0.3) is 0 Å². The SMILES string of the molecule is Cc1cc(Cl)ccc1OCCN(C)C(=O)[C@@H]1Cc2ccc(cc2)Oc2ccc(O)c(c2)C(=O)N[C@@H](C(C)C)C(=O)N[C@@H](C)C(=O)N1. The Hall–Kier alpha value is -4.77.